The Morgan fingerprint density at radius 2 is 1.87 bits per heavy atom. The Kier molecular flexibility index (Phi) is 6.21. The number of rotatable bonds is 8. The highest BCUT2D eigenvalue weighted by atomic mass is 19.1. The molecule has 8 nitrogen and oxygen atoms in total. The summed E-state index contributed by atoms with van der Waals surface area (Å²) in [6.45, 7) is 1.17. The summed E-state index contributed by atoms with van der Waals surface area (Å²) in [5, 5.41) is 3.76. The van der Waals surface area contributed by atoms with Crippen LogP contribution in [0.15, 0.2) is 53.1 Å². The Hall–Kier alpha value is -3.75. The fourth-order valence-corrected chi connectivity index (χ4v) is 3.13. The van der Waals surface area contributed by atoms with Crippen molar-refractivity contribution in [2.75, 3.05) is 6.54 Å². The van der Waals surface area contributed by atoms with Gasteiger partial charge in [-0.1, -0.05) is 17.3 Å². The molecule has 0 bridgehead atoms. The Morgan fingerprint density at radius 1 is 1.10 bits per heavy atom. The maximum Gasteiger partial charge on any atom is 0.338 e. The van der Waals surface area contributed by atoms with E-state index in [1.807, 2.05) is 0 Å². The van der Waals surface area contributed by atoms with Gasteiger partial charge < -0.3 is 18.9 Å². The maximum absolute atomic E-state index is 12.9. The van der Waals surface area contributed by atoms with Crippen molar-refractivity contribution in [3.05, 3.63) is 77.2 Å². The van der Waals surface area contributed by atoms with Gasteiger partial charge in [-0.2, -0.15) is 4.98 Å². The lowest BCUT2D eigenvalue weighted by Crippen LogP contribution is -2.23. The normalized spacial score (nSPS) is 13.5. The van der Waals surface area contributed by atoms with Gasteiger partial charge in [-0.25, -0.2) is 9.18 Å². The van der Waals surface area contributed by atoms with Crippen LogP contribution in [0.2, 0.25) is 0 Å². The number of hydrogen-bond donors (Lipinski definition) is 0. The second-order valence-corrected chi connectivity index (χ2v) is 7.04. The van der Waals surface area contributed by atoms with Gasteiger partial charge in [0.05, 0.1) is 5.56 Å². The van der Waals surface area contributed by atoms with Crippen LogP contribution >= 0.6 is 0 Å². The number of carbonyl (C=O) groups excluding carboxylic acids is 2. The highest BCUT2D eigenvalue weighted by Crippen LogP contribution is 2.16. The SMILES string of the molecule is O=C(OCc1nc(COc2ccc(F)cc2)no1)c1ccc(CN2CCCC2=O)cc1. The number of esters is 1. The molecule has 0 N–H and O–H groups in total. The number of halogens is 1. The molecule has 1 fully saturated rings. The molecule has 1 aromatic heterocycles. The molecular weight excluding hydrogens is 405 g/mol. The molecule has 0 aliphatic carbocycles. The van der Waals surface area contributed by atoms with Gasteiger partial charge in [0, 0.05) is 19.5 Å². The van der Waals surface area contributed by atoms with Crippen molar-refractivity contribution < 1.29 is 28.0 Å². The molecule has 0 radical (unpaired) electrons. The van der Waals surface area contributed by atoms with E-state index in [0.29, 0.717) is 24.3 Å². The molecule has 1 aliphatic rings. The van der Waals surface area contributed by atoms with Crippen molar-refractivity contribution in [3.63, 3.8) is 0 Å². The van der Waals surface area contributed by atoms with Crippen molar-refractivity contribution in [2.45, 2.75) is 32.6 Å². The summed E-state index contributed by atoms with van der Waals surface area (Å²) in [7, 11) is 0. The Bertz CT molecular complexity index is 1050. The smallest absolute Gasteiger partial charge is 0.338 e. The molecule has 2 aromatic carbocycles. The number of amides is 1. The van der Waals surface area contributed by atoms with Crippen molar-refractivity contribution in [3.8, 4) is 5.75 Å². The van der Waals surface area contributed by atoms with E-state index in [0.717, 1.165) is 18.5 Å². The topological polar surface area (TPSA) is 94.8 Å². The molecule has 3 aromatic rings. The Morgan fingerprint density at radius 3 is 2.58 bits per heavy atom. The van der Waals surface area contributed by atoms with E-state index in [4.69, 9.17) is 14.0 Å². The molecule has 1 saturated heterocycles. The lowest BCUT2D eigenvalue weighted by atomic mass is 10.1. The highest BCUT2D eigenvalue weighted by Gasteiger charge is 2.20. The lowest BCUT2D eigenvalue weighted by molar-refractivity contribution is -0.128. The number of carbonyl (C=O) groups is 2. The number of nitrogens with zero attached hydrogens (tertiary/aromatic N) is 3. The molecule has 0 unspecified atom stereocenters. The quantitative estimate of drug-likeness (QED) is 0.511. The molecule has 0 saturated carbocycles. The minimum absolute atomic E-state index is 0.0318. The van der Waals surface area contributed by atoms with E-state index in [-0.39, 0.29) is 36.7 Å². The van der Waals surface area contributed by atoms with Gasteiger partial charge in [0.15, 0.2) is 13.2 Å². The summed E-state index contributed by atoms with van der Waals surface area (Å²) in [6.07, 6.45) is 1.49. The second-order valence-electron chi connectivity index (χ2n) is 7.04. The monoisotopic (exact) mass is 425 g/mol. The molecule has 0 atom stereocenters. The van der Waals surface area contributed by atoms with Crippen LogP contribution in [0.5, 0.6) is 5.75 Å². The lowest BCUT2D eigenvalue weighted by Gasteiger charge is -2.15. The standard InChI is InChI=1S/C22H20FN3O5/c23-17-7-9-18(10-8-17)29-13-19-24-20(31-25-19)14-30-22(28)16-5-3-15(4-6-16)12-26-11-1-2-21(26)27/h3-10H,1-2,11-14H2. The zero-order valence-corrected chi connectivity index (χ0v) is 16.6. The average Bonchev–Trinajstić information content (AvgIpc) is 3.41. The number of aromatic nitrogens is 2. The Labute approximate surface area is 177 Å². The fourth-order valence-electron chi connectivity index (χ4n) is 3.13. The first-order chi connectivity index (χ1) is 15.1. The summed E-state index contributed by atoms with van der Waals surface area (Å²) < 4.78 is 28.6. The zero-order chi connectivity index (χ0) is 21.6. The first-order valence-corrected chi connectivity index (χ1v) is 9.80. The third-order valence-electron chi connectivity index (χ3n) is 4.75. The van der Waals surface area contributed by atoms with Crippen molar-refractivity contribution in [2.24, 2.45) is 0 Å². The van der Waals surface area contributed by atoms with E-state index in [1.54, 1.807) is 29.2 Å². The van der Waals surface area contributed by atoms with E-state index >= 15 is 0 Å². The summed E-state index contributed by atoms with van der Waals surface area (Å²) in [5.74, 6) is 0.159. The third-order valence-corrected chi connectivity index (χ3v) is 4.75. The van der Waals surface area contributed by atoms with Crippen LogP contribution in [-0.4, -0.2) is 33.5 Å². The van der Waals surface area contributed by atoms with Gasteiger partial charge in [-0.05, 0) is 48.4 Å². The predicted octanol–water partition coefficient (Wildman–Crippen LogP) is 3.27. The summed E-state index contributed by atoms with van der Waals surface area (Å²) in [6, 6.07) is 12.5. The largest absolute Gasteiger partial charge is 0.485 e. The molecule has 4 rings (SSSR count). The molecule has 9 heteroatoms. The molecule has 0 spiro atoms. The number of ether oxygens (including phenoxy) is 2. The predicted molar refractivity (Wildman–Crippen MR) is 105 cm³/mol. The fraction of sp³-hybridized carbons (Fsp3) is 0.273. The van der Waals surface area contributed by atoms with E-state index in [9.17, 15) is 14.0 Å². The first kappa shape index (κ1) is 20.5. The molecule has 31 heavy (non-hydrogen) atoms. The van der Waals surface area contributed by atoms with Crippen molar-refractivity contribution in [1.82, 2.24) is 15.0 Å². The third kappa shape index (κ3) is 5.44. The number of benzene rings is 2. The van der Waals surface area contributed by atoms with Gasteiger partial charge in [-0.3, -0.25) is 4.79 Å². The minimum Gasteiger partial charge on any atom is -0.485 e. The van der Waals surface area contributed by atoms with Crippen LogP contribution < -0.4 is 4.74 Å². The van der Waals surface area contributed by atoms with Gasteiger partial charge in [-0.15, -0.1) is 0 Å². The molecule has 160 valence electrons. The first-order valence-electron chi connectivity index (χ1n) is 9.80. The zero-order valence-electron chi connectivity index (χ0n) is 16.6. The van der Waals surface area contributed by atoms with Crippen molar-refractivity contribution in [1.29, 1.82) is 0 Å². The summed E-state index contributed by atoms with van der Waals surface area (Å²) in [4.78, 5) is 29.9. The highest BCUT2D eigenvalue weighted by molar-refractivity contribution is 5.89. The van der Waals surface area contributed by atoms with Crippen LogP contribution in [0.3, 0.4) is 0 Å². The van der Waals surface area contributed by atoms with Gasteiger partial charge in [0.2, 0.25) is 11.7 Å². The van der Waals surface area contributed by atoms with Gasteiger partial charge in [0.25, 0.3) is 5.89 Å². The molecular formula is C22H20FN3O5. The van der Waals surface area contributed by atoms with Crippen LogP contribution in [0.25, 0.3) is 0 Å². The van der Waals surface area contributed by atoms with E-state index in [1.165, 1.54) is 24.3 Å². The number of likely N-dealkylation sites (tertiary alicyclic amines) is 1. The maximum atomic E-state index is 12.9. The van der Waals surface area contributed by atoms with Crippen LogP contribution in [0.4, 0.5) is 4.39 Å². The minimum atomic E-state index is -0.522. The van der Waals surface area contributed by atoms with Crippen molar-refractivity contribution >= 4 is 11.9 Å². The van der Waals surface area contributed by atoms with Crippen LogP contribution in [-0.2, 0) is 29.3 Å². The molecule has 1 amide bonds. The van der Waals surface area contributed by atoms with Gasteiger partial charge in [0.1, 0.15) is 11.6 Å². The van der Waals surface area contributed by atoms with Crippen LogP contribution in [0.1, 0.15) is 40.5 Å². The second kappa shape index (κ2) is 9.38. The number of hydrogen-bond acceptors (Lipinski definition) is 7. The van der Waals surface area contributed by atoms with E-state index in [2.05, 4.69) is 10.1 Å². The van der Waals surface area contributed by atoms with E-state index < -0.39 is 5.97 Å². The van der Waals surface area contributed by atoms with Gasteiger partial charge >= 0.3 is 5.97 Å². The molecule has 1 aliphatic heterocycles. The van der Waals surface area contributed by atoms with Crippen LogP contribution in [0, 0.1) is 5.82 Å². The summed E-state index contributed by atoms with van der Waals surface area (Å²) in [5.41, 5.74) is 1.34. The Balaban J connectivity index is 1.25. The molecule has 2 heterocycles. The average molecular weight is 425 g/mol. The summed E-state index contributed by atoms with van der Waals surface area (Å²) >= 11 is 0.